The maximum atomic E-state index is 11.8. The summed E-state index contributed by atoms with van der Waals surface area (Å²) in [7, 11) is 0. The summed E-state index contributed by atoms with van der Waals surface area (Å²) < 4.78 is 5.82. The predicted molar refractivity (Wildman–Crippen MR) is 81.6 cm³/mol. The first-order chi connectivity index (χ1) is 9.02. The lowest BCUT2D eigenvalue weighted by Crippen LogP contribution is -2.42. The number of Topliss-reactive ketones (excluding diaryl/α,β-unsaturated/α-hetero) is 1. The molecule has 0 aliphatic carbocycles. The average Bonchev–Trinajstić information content (AvgIpc) is 2.34. The molecule has 4 nitrogen and oxygen atoms in total. The predicted octanol–water partition coefficient (Wildman–Crippen LogP) is 2.95. The van der Waals surface area contributed by atoms with Gasteiger partial charge in [0.1, 0.15) is 5.78 Å². The van der Waals surface area contributed by atoms with Gasteiger partial charge in [-0.2, -0.15) is 0 Å². The third-order valence-electron chi connectivity index (χ3n) is 3.51. The number of ketones is 1. The van der Waals surface area contributed by atoms with E-state index >= 15 is 0 Å². The van der Waals surface area contributed by atoms with Crippen molar-refractivity contribution in [1.82, 2.24) is 5.32 Å². The number of hydrogen-bond donors (Lipinski definition) is 1. The highest BCUT2D eigenvalue weighted by Gasteiger charge is 2.27. The molecule has 1 amide bonds. The zero-order chi connectivity index (χ0) is 16.0. The van der Waals surface area contributed by atoms with Crippen LogP contribution in [0.3, 0.4) is 0 Å². The van der Waals surface area contributed by atoms with Gasteiger partial charge < -0.3 is 10.1 Å². The molecule has 0 rings (SSSR count). The van der Waals surface area contributed by atoms with Gasteiger partial charge in [0.25, 0.3) is 0 Å². The van der Waals surface area contributed by atoms with E-state index in [4.69, 9.17) is 4.74 Å². The average molecular weight is 285 g/mol. The molecule has 0 heterocycles. The second-order valence-corrected chi connectivity index (χ2v) is 6.89. The maximum absolute atomic E-state index is 11.8. The lowest BCUT2D eigenvalue weighted by molar-refractivity contribution is -0.129. The SMILES string of the molecule is CCC(=O)C(C)(C)CCOC(C)(C)CNC(=O)C(C)C. The first-order valence-corrected chi connectivity index (χ1v) is 7.47. The third kappa shape index (κ3) is 7.04. The van der Waals surface area contributed by atoms with Gasteiger partial charge in [0, 0.05) is 30.9 Å². The Hall–Kier alpha value is -0.900. The Morgan fingerprint density at radius 2 is 1.70 bits per heavy atom. The van der Waals surface area contributed by atoms with Crippen LogP contribution in [0.15, 0.2) is 0 Å². The summed E-state index contributed by atoms with van der Waals surface area (Å²) >= 11 is 0. The molecule has 118 valence electrons. The number of nitrogens with one attached hydrogen (secondary N) is 1. The zero-order valence-electron chi connectivity index (χ0n) is 14.1. The molecule has 0 aliphatic heterocycles. The molecule has 0 aromatic rings. The van der Waals surface area contributed by atoms with Gasteiger partial charge in [-0.15, -0.1) is 0 Å². The van der Waals surface area contributed by atoms with Gasteiger partial charge in [0.2, 0.25) is 5.91 Å². The molecule has 20 heavy (non-hydrogen) atoms. The summed E-state index contributed by atoms with van der Waals surface area (Å²) in [4.78, 5) is 23.3. The molecule has 0 aromatic heterocycles. The molecule has 0 unspecified atom stereocenters. The van der Waals surface area contributed by atoms with Crippen molar-refractivity contribution in [1.29, 1.82) is 0 Å². The highest BCUT2D eigenvalue weighted by atomic mass is 16.5. The van der Waals surface area contributed by atoms with Gasteiger partial charge >= 0.3 is 0 Å². The van der Waals surface area contributed by atoms with Crippen molar-refractivity contribution in [2.45, 2.75) is 66.9 Å². The number of amides is 1. The lowest BCUT2D eigenvalue weighted by Gasteiger charge is -2.29. The van der Waals surface area contributed by atoms with Crippen LogP contribution >= 0.6 is 0 Å². The Labute approximate surface area is 123 Å². The van der Waals surface area contributed by atoms with Gasteiger partial charge in [0.15, 0.2) is 0 Å². The molecule has 0 bridgehead atoms. The summed E-state index contributed by atoms with van der Waals surface area (Å²) in [5.41, 5.74) is -0.762. The van der Waals surface area contributed by atoms with Crippen LogP contribution in [0, 0.1) is 11.3 Å². The molecular formula is C16H31NO3. The minimum Gasteiger partial charge on any atom is -0.374 e. The molecule has 4 heteroatoms. The van der Waals surface area contributed by atoms with Crippen molar-refractivity contribution >= 4 is 11.7 Å². The molecule has 0 radical (unpaired) electrons. The van der Waals surface area contributed by atoms with E-state index in [1.807, 2.05) is 48.5 Å². The Bertz CT molecular complexity index is 333. The molecule has 0 saturated carbocycles. The number of carbonyl (C=O) groups is 2. The van der Waals surface area contributed by atoms with Crippen LogP contribution in [0.1, 0.15) is 61.3 Å². The van der Waals surface area contributed by atoms with Crippen LogP contribution in [0.25, 0.3) is 0 Å². The van der Waals surface area contributed by atoms with Crippen LogP contribution in [0.2, 0.25) is 0 Å². The highest BCUT2D eigenvalue weighted by Crippen LogP contribution is 2.24. The number of ether oxygens (including phenoxy) is 1. The van der Waals surface area contributed by atoms with Gasteiger partial charge in [-0.1, -0.05) is 34.6 Å². The van der Waals surface area contributed by atoms with Gasteiger partial charge in [0.05, 0.1) is 5.60 Å². The fraction of sp³-hybridized carbons (Fsp3) is 0.875. The summed E-state index contributed by atoms with van der Waals surface area (Å²) in [5, 5.41) is 2.87. The van der Waals surface area contributed by atoms with Gasteiger partial charge in [-0.05, 0) is 20.3 Å². The summed E-state index contributed by atoms with van der Waals surface area (Å²) in [6.07, 6.45) is 1.25. The van der Waals surface area contributed by atoms with Crippen LogP contribution in [0.5, 0.6) is 0 Å². The Morgan fingerprint density at radius 1 is 1.15 bits per heavy atom. The number of rotatable bonds is 9. The molecule has 0 spiro atoms. The van der Waals surface area contributed by atoms with Crippen molar-refractivity contribution in [3.05, 3.63) is 0 Å². The molecular weight excluding hydrogens is 254 g/mol. The highest BCUT2D eigenvalue weighted by molar-refractivity contribution is 5.83. The summed E-state index contributed by atoms with van der Waals surface area (Å²) in [6, 6.07) is 0. The van der Waals surface area contributed by atoms with Gasteiger partial charge in [-0.3, -0.25) is 9.59 Å². The first-order valence-electron chi connectivity index (χ1n) is 7.47. The van der Waals surface area contributed by atoms with E-state index in [1.165, 1.54) is 0 Å². The summed E-state index contributed by atoms with van der Waals surface area (Å²) in [5.74, 6) is 0.266. The van der Waals surface area contributed by atoms with Crippen molar-refractivity contribution in [3.8, 4) is 0 Å². The van der Waals surface area contributed by atoms with Crippen LogP contribution in [0.4, 0.5) is 0 Å². The van der Waals surface area contributed by atoms with E-state index in [9.17, 15) is 9.59 Å². The van der Waals surface area contributed by atoms with E-state index in [0.717, 1.165) is 0 Å². The molecule has 1 N–H and O–H groups in total. The normalized spacial score (nSPS) is 12.6. The second kappa shape index (κ2) is 7.77. The number of hydrogen-bond acceptors (Lipinski definition) is 3. The van der Waals surface area contributed by atoms with E-state index in [-0.39, 0.29) is 23.0 Å². The summed E-state index contributed by atoms with van der Waals surface area (Å²) in [6.45, 7) is 14.4. The van der Waals surface area contributed by atoms with Crippen LogP contribution in [-0.4, -0.2) is 30.4 Å². The minimum atomic E-state index is -0.421. The molecule has 0 aromatic carbocycles. The maximum Gasteiger partial charge on any atom is 0.222 e. The Kier molecular flexibility index (Phi) is 7.42. The smallest absolute Gasteiger partial charge is 0.222 e. The minimum absolute atomic E-state index is 0.0214. The van der Waals surface area contributed by atoms with Crippen LogP contribution < -0.4 is 5.32 Å². The van der Waals surface area contributed by atoms with E-state index in [0.29, 0.717) is 26.0 Å². The topological polar surface area (TPSA) is 55.4 Å². The van der Waals surface area contributed by atoms with E-state index in [2.05, 4.69) is 5.32 Å². The van der Waals surface area contributed by atoms with Crippen molar-refractivity contribution in [2.75, 3.05) is 13.2 Å². The molecule has 0 aliphatic rings. The van der Waals surface area contributed by atoms with Crippen molar-refractivity contribution in [2.24, 2.45) is 11.3 Å². The van der Waals surface area contributed by atoms with Gasteiger partial charge in [-0.25, -0.2) is 0 Å². The largest absolute Gasteiger partial charge is 0.374 e. The second-order valence-electron chi connectivity index (χ2n) is 6.89. The molecule has 0 fully saturated rings. The fourth-order valence-corrected chi connectivity index (χ4v) is 1.76. The van der Waals surface area contributed by atoms with Crippen molar-refractivity contribution < 1.29 is 14.3 Å². The quantitative estimate of drug-likeness (QED) is 0.708. The van der Waals surface area contributed by atoms with E-state index < -0.39 is 5.60 Å². The third-order valence-corrected chi connectivity index (χ3v) is 3.51. The zero-order valence-corrected chi connectivity index (χ0v) is 14.1. The fourth-order valence-electron chi connectivity index (χ4n) is 1.76. The molecule has 0 atom stereocenters. The Balaban J connectivity index is 4.17. The van der Waals surface area contributed by atoms with E-state index in [1.54, 1.807) is 0 Å². The van der Waals surface area contributed by atoms with Crippen LogP contribution in [-0.2, 0) is 14.3 Å². The lowest BCUT2D eigenvalue weighted by atomic mass is 9.83. The first kappa shape index (κ1) is 19.1. The standard InChI is InChI=1S/C16H31NO3/c1-8-13(18)15(4,5)9-10-20-16(6,7)11-17-14(19)12(2)3/h12H,8-11H2,1-7H3,(H,17,19). The number of carbonyl (C=O) groups excluding carboxylic acids is 2. The Morgan fingerprint density at radius 3 is 2.15 bits per heavy atom. The van der Waals surface area contributed by atoms with Crippen molar-refractivity contribution in [3.63, 3.8) is 0 Å². The monoisotopic (exact) mass is 285 g/mol. The molecule has 0 saturated heterocycles.